The Morgan fingerprint density at radius 1 is 1.50 bits per heavy atom. The predicted molar refractivity (Wildman–Crippen MR) is 67.5 cm³/mol. The lowest BCUT2D eigenvalue weighted by atomic mass is 10.1. The van der Waals surface area contributed by atoms with E-state index in [4.69, 9.17) is 0 Å². The van der Waals surface area contributed by atoms with Crippen LogP contribution in [0.3, 0.4) is 0 Å². The molecule has 0 atom stereocenters. The molecule has 2 aromatic rings. The molecule has 0 fully saturated rings. The summed E-state index contributed by atoms with van der Waals surface area (Å²) in [5, 5.41) is 3.73. The number of rotatable bonds is 2. The van der Waals surface area contributed by atoms with Crippen LogP contribution < -0.4 is 0 Å². The first-order chi connectivity index (χ1) is 6.77. The highest BCUT2D eigenvalue weighted by Crippen LogP contribution is 2.32. The molecule has 0 aliphatic carbocycles. The number of hydrogen-bond donors (Lipinski definition) is 0. The van der Waals surface area contributed by atoms with Crippen LogP contribution in [-0.2, 0) is 5.33 Å². The van der Waals surface area contributed by atoms with E-state index in [1.54, 1.807) is 11.3 Å². The first-order valence-electron chi connectivity index (χ1n) is 3.97. The van der Waals surface area contributed by atoms with Crippen molar-refractivity contribution >= 4 is 59.6 Å². The van der Waals surface area contributed by atoms with Crippen LogP contribution in [0.2, 0.25) is 0 Å². The van der Waals surface area contributed by atoms with Crippen LogP contribution in [0.4, 0.5) is 0 Å². The summed E-state index contributed by atoms with van der Waals surface area (Å²) in [5.41, 5.74) is 1.80. The number of halogens is 2. The first-order valence-corrected chi connectivity index (χ1v) is 6.77. The molecule has 0 saturated carbocycles. The van der Waals surface area contributed by atoms with Gasteiger partial charge in [-0.05, 0) is 23.1 Å². The van der Waals surface area contributed by atoms with Gasteiger partial charge in [-0.3, -0.25) is 4.79 Å². The summed E-state index contributed by atoms with van der Waals surface area (Å²) in [4.78, 5) is 11.0. The van der Waals surface area contributed by atoms with Crippen LogP contribution in [0.5, 0.6) is 0 Å². The van der Waals surface area contributed by atoms with Gasteiger partial charge in [0, 0.05) is 25.5 Å². The molecule has 0 amide bonds. The highest BCUT2D eigenvalue weighted by Gasteiger charge is 2.10. The molecular weight excluding hydrogens is 328 g/mol. The van der Waals surface area contributed by atoms with E-state index in [0.717, 1.165) is 32.0 Å². The van der Waals surface area contributed by atoms with Gasteiger partial charge >= 0.3 is 0 Å². The van der Waals surface area contributed by atoms with E-state index in [1.807, 2.05) is 11.4 Å². The zero-order valence-corrected chi connectivity index (χ0v) is 11.1. The average Bonchev–Trinajstić information content (AvgIpc) is 2.62. The summed E-state index contributed by atoms with van der Waals surface area (Å²) in [6.45, 7) is 0. The quantitative estimate of drug-likeness (QED) is 0.589. The number of hydrogen-bond acceptors (Lipinski definition) is 2. The van der Waals surface area contributed by atoms with Gasteiger partial charge < -0.3 is 0 Å². The Balaban J connectivity index is 2.88. The fourth-order valence-corrected chi connectivity index (χ4v) is 3.98. The lowest BCUT2D eigenvalue weighted by Gasteiger charge is -2.05. The Bertz CT molecular complexity index is 490. The summed E-state index contributed by atoms with van der Waals surface area (Å²) in [6.07, 6.45) is 0.927. The summed E-state index contributed by atoms with van der Waals surface area (Å²) >= 11 is 8.51. The van der Waals surface area contributed by atoms with Crippen molar-refractivity contribution in [3.05, 3.63) is 33.1 Å². The molecule has 0 bridgehead atoms. The van der Waals surface area contributed by atoms with Gasteiger partial charge in [-0.25, -0.2) is 0 Å². The average molecular weight is 334 g/mol. The molecule has 72 valence electrons. The molecule has 0 N–H and O–H groups in total. The van der Waals surface area contributed by atoms with Crippen molar-refractivity contribution in [2.24, 2.45) is 0 Å². The number of aldehydes is 1. The second kappa shape index (κ2) is 4.13. The minimum absolute atomic E-state index is 0.688. The number of fused-ring (bicyclic) bond motifs is 1. The smallest absolute Gasteiger partial charge is 0.151 e. The van der Waals surface area contributed by atoms with Crippen molar-refractivity contribution in [2.45, 2.75) is 5.33 Å². The molecular formula is C10H6Br2OS. The van der Waals surface area contributed by atoms with E-state index in [2.05, 4.69) is 37.9 Å². The van der Waals surface area contributed by atoms with Gasteiger partial charge in [0.1, 0.15) is 0 Å². The van der Waals surface area contributed by atoms with Crippen molar-refractivity contribution < 1.29 is 4.79 Å². The van der Waals surface area contributed by atoms with Gasteiger partial charge in [0.2, 0.25) is 0 Å². The van der Waals surface area contributed by atoms with Gasteiger partial charge in [0.25, 0.3) is 0 Å². The van der Waals surface area contributed by atoms with Gasteiger partial charge in [-0.15, -0.1) is 11.3 Å². The van der Waals surface area contributed by atoms with E-state index >= 15 is 0 Å². The van der Waals surface area contributed by atoms with Crippen molar-refractivity contribution in [2.75, 3.05) is 0 Å². The number of carbonyl (C=O) groups excluding carboxylic acids is 1. The summed E-state index contributed by atoms with van der Waals surface area (Å²) in [7, 11) is 0. The highest BCUT2D eigenvalue weighted by molar-refractivity contribution is 9.10. The molecule has 14 heavy (non-hydrogen) atoms. The SMILES string of the molecule is O=Cc1c(CBr)c(Br)cc2sccc12. The van der Waals surface area contributed by atoms with Gasteiger partial charge in [-0.2, -0.15) is 0 Å². The maximum atomic E-state index is 11.0. The first kappa shape index (κ1) is 10.3. The third-order valence-electron chi connectivity index (χ3n) is 2.11. The van der Waals surface area contributed by atoms with Crippen molar-refractivity contribution in [3.8, 4) is 0 Å². The van der Waals surface area contributed by atoms with Crippen LogP contribution in [0.15, 0.2) is 22.0 Å². The third-order valence-corrected chi connectivity index (χ3v) is 4.24. The van der Waals surface area contributed by atoms with E-state index in [1.165, 1.54) is 0 Å². The predicted octanol–water partition coefficient (Wildman–Crippen LogP) is 4.37. The molecule has 1 nitrogen and oxygen atoms in total. The van der Waals surface area contributed by atoms with Crippen molar-refractivity contribution in [3.63, 3.8) is 0 Å². The van der Waals surface area contributed by atoms with E-state index in [0.29, 0.717) is 5.33 Å². The number of alkyl halides is 1. The Morgan fingerprint density at radius 3 is 2.93 bits per heavy atom. The second-order valence-corrected chi connectivity index (χ2v) is 5.20. The molecule has 0 unspecified atom stereocenters. The fraction of sp³-hybridized carbons (Fsp3) is 0.100. The van der Waals surface area contributed by atoms with Crippen molar-refractivity contribution in [1.82, 2.24) is 0 Å². The van der Waals surface area contributed by atoms with Crippen molar-refractivity contribution in [1.29, 1.82) is 0 Å². The largest absolute Gasteiger partial charge is 0.298 e. The van der Waals surface area contributed by atoms with Gasteiger partial charge in [0.15, 0.2) is 6.29 Å². The molecule has 2 rings (SSSR count). The van der Waals surface area contributed by atoms with Gasteiger partial charge in [-0.1, -0.05) is 31.9 Å². The molecule has 1 aromatic carbocycles. The van der Waals surface area contributed by atoms with Crippen LogP contribution in [0.1, 0.15) is 15.9 Å². The number of benzene rings is 1. The molecule has 0 spiro atoms. The molecule has 0 aliphatic rings. The Kier molecular flexibility index (Phi) is 3.04. The monoisotopic (exact) mass is 332 g/mol. The maximum absolute atomic E-state index is 11.0. The third kappa shape index (κ3) is 1.55. The normalized spacial score (nSPS) is 10.7. The minimum Gasteiger partial charge on any atom is -0.298 e. The molecule has 1 aromatic heterocycles. The molecule has 0 aliphatic heterocycles. The summed E-state index contributed by atoms with van der Waals surface area (Å²) < 4.78 is 2.13. The topological polar surface area (TPSA) is 17.1 Å². The molecule has 0 saturated heterocycles. The Hall–Kier alpha value is -0.190. The molecule has 4 heteroatoms. The maximum Gasteiger partial charge on any atom is 0.151 e. The second-order valence-electron chi connectivity index (χ2n) is 2.83. The standard InChI is InChI=1S/C10H6Br2OS/c11-4-7-8(5-13)6-1-2-14-10(6)3-9(7)12/h1-3,5H,4H2. The fourth-order valence-electron chi connectivity index (χ4n) is 1.42. The lowest BCUT2D eigenvalue weighted by Crippen LogP contribution is -1.91. The zero-order chi connectivity index (χ0) is 10.1. The zero-order valence-electron chi connectivity index (χ0n) is 7.09. The van der Waals surface area contributed by atoms with Crippen LogP contribution in [0, 0.1) is 0 Å². The Morgan fingerprint density at radius 2 is 2.29 bits per heavy atom. The van der Waals surface area contributed by atoms with E-state index in [9.17, 15) is 4.79 Å². The Labute approximate surface area is 102 Å². The van der Waals surface area contributed by atoms with Gasteiger partial charge in [0.05, 0.1) is 0 Å². The number of carbonyl (C=O) groups is 1. The summed E-state index contributed by atoms with van der Waals surface area (Å²) in [6, 6.07) is 4.05. The van der Waals surface area contributed by atoms with Crippen LogP contribution >= 0.6 is 43.2 Å². The lowest BCUT2D eigenvalue weighted by molar-refractivity contribution is 0.112. The molecule has 1 heterocycles. The van der Waals surface area contributed by atoms with Crippen LogP contribution in [0.25, 0.3) is 10.1 Å². The summed E-state index contributed by atoms with van der Waals surface area (Å²) in [5.74, 6) is 0. The van der Waals surface area contributed by atoms with E-state index < -0.39 is 0 Å². The van der Waals surface area contributed by atoms with E-state index in [-0.39, 0.29) is 0 Å². The number of thiophene rings is 1. The van der Waals surface area contributed by atoms with Crippen LogP contribution in [-0.4, -0.2) is 6.29 Å². The molecule has 0 radical (unpaired) electrons. The highest BCUT2D eigenvalue weighted by atomic mass is 79.9. The minimum atomic E-state index is 0.688.